The van der Waals surface area contributed by atoms with Gasteiger partial charge in [0.15, 0.2) is 5.82 Å². The van der Waals surface area contributed by atoms with Crippen molar-refractivity contribution < 1.29 is 4.79 Å². The monoisotopic (exact) mass is 358 g/mol. The maximum Gasteiger partial charge on any atom is 0.266 e. The largest absolute Gasteiger partial charge is 0.354 e. The molecule has 0 bridgehead atoms. The Kier molecular flexibility index (Phi) is 5.46. The zero-order valence-electron chi connectivity index (χ0n) is 13.0. The molecule has 3 rings (SSSR count). The fourth-order valence-electron chi connectivity index (χ4n) is 1.90. The fraction of sp³-hybridized carbons (Fsp3) is 0.214. The fourth-order valence-corrected chi connectivity index (χ4v) is 2.56. The number of amides is 1. The van der Waals surface area contributed by atoms with Crippen molar-refractivity contribution in [1.82, 2.24) is 40.1 Å². The highest BCUT2D eigenvalue weighted by Crippen LogP contribution is 2.11. The van der Waals surface area contributed by atoms with Gasteiger partial charge in [0.05, 0.1) is 12.3 Å². The number of aromatic nitrogens is 7. The third-order valence-electron chi connectivity index (χ3n) is 3.05. The molecule has 0 radical (unpaired) electrons. The van der Waals surface area contributed by atoms with E-state index in [9.17, 15) is 9.59 Å². The van der Waals surface area contributed by atoms with Gasteiger partial charge in [-0.15, -0.1) is 10.2 Å². The SMILES string of the molecule is O=C(CSc1cccnn1)NCCn1nc(-n2cncn2)ccc1=O. The molecule has 3 aromatic rings. The van der Waals surface area contributed by atoms with Crippen molar-refractivity contribution in [3.05, 3.63) is 53.5 Å². The standard InChI is InChI=1S/C14H14N8O2S/c23-12(8-25-13-2-1-5-17-19-13)16-6-7-21-14(24)4-3-11(20-21)22-10-15-9-18-22/h1-5,9-10H,6-8H2,(H,16,23). The van der Waals surface area contributed by atoms with Crippen molar-refractivity contribution in [2.45, 2.75) is 11.6 Å². The van der Waals surface area contributed by atoms with E-state index < -0.39 is 0 Å². The van der Waals surface area contributed by atoms with E-state index in [1.54, 1.807) is 24.4 Å². The minimum Gasteiger partial charge on any atom is -0.354 e. The Balaban J connectivity index is 1.51. The number of thioether (sulfide) groups is 1. The number of carbonyl (C=O) groups is 1. The molecule has 0 atom stereocenters. The summed E-state index contributed by atoms with van der Waals surface area (Å²) in [4.78, 5) is 27.5. The molecule has 0 aromatic carbocycles. The van der Waals surface area contributed by atoms with Crippen LogP contribution in [0, 0.1) is 0 Å². The van der Waals surface area contributed by atoms with Gasteiger partial charge in [-0.05, 0) is 18.2 Å². The first-order valence-corrected chi connectivity index (χ1v) is 8.31. The molecule has 0 saturated heterocycles. The lowest BCUT2D eigenvalue weighted by Gasteiger charge is -2.08. The summed E-state index contributed by atoms with van der Waals surface area (Å²) in [5.74, 6) is 0.540. The molecule has 0 aliphatic rings. The van der Waals surface area contributed by atoms with Crippen molar-refractivity contribution >= 4 is 17.7 Å². The van der Waals surface area contributed by atoms with Crippen LogP contribution >= 0.6 is 11.8 Å². The number of carbonyl (C=O) groups excluding carboxylic acids is 1. The van der Waals surface area contributed by atoms with Crippen LogP contribution in [-0.2, 0) is 11.3 Å². The minimum absolute atomic E-state index is 0.156. The average Bonchev–Trinajstić information content (AvgIpc) is 3.17. The van der Waals surface area contributed by atoms with Gasteiger partial charge in [0, 0.05) is 18.8 Å². The van der Waals surface area contributed by atoms with Gasteiger partial charge in [-0.3, -0.25) is 9.59 Å². The van der Waals surface area contributed by atoms with Gasteiger partial charge in [-0.25, -0.2) is 14.3 Å². The summed E-state index contributed by atoms with van der Waals surface area (Å²) in [6.45, 7) is 0.538. The topological polar surface area (TPSA) is 120 Å². The molecule has 3 aromatic heterocycles. The van der Waals surface area contributed by atoms with Gasteiger partial charge in [-0.2, -0.15) is 10.2 Å². The molecule has 0 unspecified atom stereocenters. The summed E-state index contributed by atoms with van der Waals surface area (Å²) in [5.41, 5.74) is -0.257. The lowest BCUT2D eigenvalue weighted by Crippen LogP contribution is -2.33. The number of nitrogens with zero attached hydrogens (tertiary/aromatic N) is 7. The van der Waals surface area contributed by atoms with Crippen LogP contribution in [0.2, 0.25) is 0 Å². The van der Waals surface area contributed by atoms with Gasteiger partial charge in [0.1, 0.15) is 17.7 Å². The van der Waals surface area contributed by atoms with Crippen molar-refractivity contribution in [3.63, 3.8) is 0 Å². The van der Waals surface area contributed by atoms with Gasteiger partial charge < -0.3 is 5.32 Å². The minimum atomic E-state index is -0.257. The second-order valence-corrected chi connectivity index (χ2v) is 5.79. The smallest absolute Gasteiger partial charge is 0.266 e. The lowest BCUT2D eigenvalue weighted by molar-refractivity contribution is -0.118. The molecular weight excluding hydrogens is 344 g/mol. The highest BCUT2D eigenvalue weighted by atomic mass is 32.2. The summed E-state index contributed by atoms with van der Waals surface area (Å²) in [7, 11) is 0. The van der Waals surface area contributed by atoms with E-state index in [0.717, 1.165) is 0 Å². The number of rotatable bonds is 7. The molecule has 11 heteroatoms. The van der Waals surface area contributed by atoms with Crippen molar-refractivity contribution in [2.75, 3.05) is 12.3 Å². The van der Waals surface area contributed by atoms with E-state index in [0.29, 0.717) is 10.8 Å². The van der Waals surface area contributed by atoms with E-state index >= 15 is 0 Å². The Morgan fingerprint density at radius 2 is 2.20 bits per heavy atom. The van der Waals surface area contributed by atoms with E-state index in [-0.39, 0.29) is 30.3 Å². The molecule has 128 valence electrons. The average molecular weight is 358 g/mol. The first-order chi connectivity index (χ1) is 12.2. The Hall–Kier alpha value is -3.08. The molecule has 0 aliphatic heterocycles. The maximum atomic E-state index is 11.9. The second-order valence-electron chi connectivity index (χ2n) is 4.79. The zero-order chi connectivity index (χ0) is 17.5. The summed E-state index contributed by atoms with van der Waals surface area (Å²) >= 11 is 1.29. The third-order valence-corrected chi connectivity index (χ3v) is 3.97. The van der Waals surface area contributed by atoms with Crippen LogP contribution in [0.1, 0.15) is 0 Å². The van der Waals surface area contributed by atoms with Crippen molar-refractivity contribution in [1.29, 1.82) is 0 Å². The van der Waals surface area contributed by atoms with E-state index in [4.69, 9.17) is 0 Å². The van der Waals surface area contributed by atoms with Gasteiger partial charge in [0.2, 0.25) is 5.91 Å². The quantitative estimate of drug-likeness (QED) is 0.562. The third kappa shape index (κ3) is 4.70. The predicted molar refractivity (Wildman–Crippen MR) is 89.2 cm³/mol. The van der Waals surface area contributed by atoms with Crippen LogP contribution in [0.25, 0.3) is 5.82 Å². The molecule has 0 aliphatic carbocycles. The van der Waals surface area contributed by atoms with Gasteiger partial charge in [0.25, 0.3) is 5.56 Å². The molecule has 0 saturated carbocycles. The Bertz CT molecular complexity index is 881. The van der Waals surface area contributed by atoms with Crippen LogP contribution in [0.15, 0.2) is 52.9 Å². The van der Waals surface area contributed by atoms with Gasteiger partial charge in [-0.1, -0.05) is 11.8 Å². The first-order valence-electron chi connectivity index (χ1n) is 7.33. The van der Waals surface area contributed by atoms with Crippen LogP contribution in [-0.4, -0.2) is 52.9 Å². The van der Waals surface area contributed by atoms with E-state index in [1.165, 1.54) is 39.8 Å². The molecular formula is C14H14N8O2S. The Morgan fingerprint density at radius 3 is 2.96 bits per heavy atom. The van der Waals surface area contributed by atoms with Crippen molar-refractivity contribution in [3.8, 4) is 5.82 Å². The van der Waals surface area contributed by atoms with Crippen LogP contribution in [0.4, 0.5) is 0 Å². The number of nitrogens with one attached hydrogen (secondary N) is 1. The summed E-state index contributed by atoms with van der Waals surface area (Å²) in [6, 6.07) is 6.50. The Morgan fingerprint density at radius 1 is 1.28 bits per heavy atom. The highest BCUT2D eigenvalue weighted by Gasteiger charge is 2.06. The van der Waals surface area contributed by atoms with Crippen LogP contribution < -0.4 is 10.9 Å². The molecule has 25 heavy (non-hydrogen) atoms. The van der Waals surface area contributed by atoms with Crippen molar-refractivity contribution in [2.24, 2.45) is 0 Å². The van der Waals surface area contributed by atoms with Crippen LogP contribution in [0.5, 0.6) is 0 Å². The summed E-state index contributed by atoms with van der Waals surface area (Å²) in [6.07, 6.45) is 4.44. The first kappa shape index (κ1) is 16.8. The summed E-state index contributed by atoms with van der Waals surface area (Å²) in [5, 5.41) is 19.2. The zero-order valence-corrected chi connectivity index (χ0v) is 13.8. The summed E-state index contributed by atoms with van der Waals surface area (Å²) < 4.78 is 2.72. The van der Waals surface area contributed by atoms with E-state index in [2.05, 4.69) is 30.7 Å². The molecule has 0 fully saturated rings. The highest BCUT2D eigenvalue weighted by molar-refractivity contribution is 7.99. The molecule has 10 nitrogen and oxygen atoms in total. The van der Waals surface area contributed by atoms with Crippen LogP contribution in [0.3, 0.4) is 0 Å². The Labute approximate surface area is 146 Å². The molecule has 3 heterocycles. The molecule has 1 amide bonds. The van der Waals surface area contributed by atoms with Gasteiger partial charge >= 0.3 is 0 Å². The normalized spacial score (nSPS) is 10.6. The number of hydrogen-bond acceptors (Lipinski definition) is 8. The lowest BCUT2D eigenvalue weighted by atomic mass is 10.5. The molecule has 0 spiro atoms. The van der Waals surface area contributed by atoms with E-state index in [1.807, 2.05) is 0 Å². The maximum absolute atomic E-state index is 11.9. The molecule has 1 N–H and O–H groups in total. The predicted octanol–water partition coefficient (Wildman–Crippen LogP) is -0.478. The second kappa shape index (κ2) is 8.15. The number of hydrogen-bond donors (Lipinski definition) is 1.